The molecule has 1 aliphatic heterocycles. The molecule has 0 radical (unpaired) electrons. The first-order valence-corrected chi connectivity index (χ1v) is 9.21. The van der Waals surface area contributed by atoms with Crippen LogP contribution in [-0.4, -0.2) is 49.9 Å². The van der Waals surface area contributed by atoms with Crippen molar-refractivity contribution in [2.24, 2.45) is 0 Å². The van der Waals surface area contributed by atoms with E-state index >= 15 is 0 Å². The highest BCUT2D eigenvalue weighted by atomic mass is 35.5. The number of pyridine rings is 1. The second-order valence-corrected chi connectivity index (χ2v) is 6.87. The highest BCUT2D eigenvalue weighted by Crippen LogP contribution is 2.20. The van der Waals surface area contributed by atoms with E-state index in [2.05, 4.69) is 20.5 Å². The lowest BCUT2D eigenvalue weighted by molar-refractivity contribution is 0.0714. The van der Waals surface area contributed by atoms with Gasteiger partial charge >= 0.3 is 0 Å². The molecule has 1 saturated heterocycles. The maximum atomic E-state index is 13.2. The molecule has 0 aliphatic carbocycles. The lowest BCUT2D eigenvalue weighted by atomic mass is 10.0. The summed E-state index contributed by atoms with van der Waals surface area (Å²) in [6, 6.07) is 11.2. The summed E-state index contributed by atoms with van der Waals surface area (Å²) >= 11 is 5.89. The zero-order valence-corrected chi connectivity index (χ0v) is 15.4. The molecular weight excluding hydrogens is 364 g/mol. The fourth-order valence-electron chi connectivity index (χ4n) is 3.29. The van der Waals surface area contributed by atoms with Gasteiger partial charge in [0.05, 0.1) is 28.7 Å². The molecule has 1 N–H and O–H groups in total. The number of amides is 1. The van der Waals surface area contributed by atoms with Gasteiger partial charge in [-0.15, -0.1) is 0 Å². The average Bonchev–Trinajstić information content (AvgIpc) is 3.24. The van der Waals surface area contributed by atoms with Crippen molar-refractivity contribution in [3.63, 3.8) is 0 Å². The van der Waals surface area contributed by atoms with Gasteiger partial charge in [-0.3, -0.25) is 4.79 Å². The van der Waals surface area contributed by atoms with Crippen LogP contribution in [0.4, 0.5) is 5.82 Å². The van der Waals surface area contributed by atoms with Crippen LogP contribution in [0.3, 0.4) is 0 Å². The molecule has 3 aromatic rings. The Morgan fingerprint density at radius 1 is 1.15 bits per heavy atom. The fraction of sp³-hybridized carbons (Fsp3) is 0.263. The summed E-state index contributed by atoms with van der Waals surface area (Å²) in [6.45, 7) is 1.34. The van der Waals surface area contributed by atoms with Gasteiger partial charge in [0.2, 0.25) is 0 Å². The Balaban J connectivity index is 1.50. The number of carbonyl (C=O) groups excluding carboxylic acids is 1. The number of hydrogen-bond donors (Lipinski definition) is 1. The van der Waals surface area contributed by atoms with Gasteiger partial charge in [0.25, 0.3) is 5.91 Å². The van der Waals surface area contributed by atoms with Crippen LogP contribution < -0.4 is 5.32 Å². The van der Waals surface area contributed by atoms with E-state index in [9.17, 15) is 4.79 Å². The van der Waals surface area contributed by atoms with Gasteiger partial charge in [0.1, 0.15) is 5.82 Å². The molecule has 138 valence electrons. The minimum Gasteiger partial charge on any atom is -0.366 e. The van der Waals surface area contributed by atoms with E-state index in [-0.39, 0.29) is 11.9 Å². The minimum atomic E-state index is -0.0153. The number of hydrogen-bond acceptors (Lipinski definition) is 5. The average molecular weight is 383 g/mol. The van der Waals surface area contributed by atoms with E-state index in [1.807, 2.05) is 35.2 Å². The van der Waals surface area contributed by atoms with Crippen molar-refractivity contribution in [1.82, 2.24) is 24.9 Å². The summed E-state index contributed by atoms with van der Waals surface area (Å²) in [5.41, 5.74) is 1.28. The highest BCUT2D eigenvalue weighted by molar-refractivity contribution is 6.30. The number of anilines is 1. The number of likely N-dealkylation sites (tertiary alicyclic amines) is 1. The molecule has 1 amide bonds. The van der Waals surface area contributed by atoms with Gasteiger partial charge in [-0.05, 0) is 37.1 Å². The van der Waals surface area contributed by atoms with Crippen molar-refractivity contribution in [3.05, 3.63) is 65.6 Å². The van der Waals surface area contributed by atoms with Gasteiger partial charge in [-0.2, -0.15) is 15.0 Å². The van der Waals surface area contributed by atoms with Gasteiger partial charge in [-0.25, -0.2) is 4.98 Å². The Kier molecular flexibility index (Phi) is 5.02. The van der Waals surface area contributed by atoms with Gasteiger partial charge in [0.15, 0.2) is 0 Å². The molecule has 3 heterocycles. The molecule has 8 heteroatoms. The number of benzene rings is 1. The van der Waals surface area contributed by atoms with E-state index in [4.69, 9.17) is 11.6 Å². The highest BCUT2D eigenvalue weighted by Gasteiger charge is 2.26. The summed E-state index contributed by atoms with van der Waals surface area (Å²) in [6.07, 6.45) is 6.72. The Hall–Kier alpha value is -2.93. The van der Waals surface area contributed by atoms with Gasteiger partial charge in [-0.1, -0.05) is 23.7 Å². The molecule has 1 unspecified atom stereocenters. The van der Waals surface area contributed by atoms with Crippen molar-refractivity contribution in [3.8, 4) is 5.69 Å². The number of nitrogens with one attached hydrogen (secondary N) is 1. The number of piperidine rings is 1. The van der Waals surface area contributed by atoms with Crippen molar-refractivity contribution < 1.29 is 4.79 Å². The van der Waals surface area contributed by atoms with E-state index in [0.29, 0.717) is 22.8 Å². The first kappa shape index (κ1) is 17.5. The summed E-state index contributed by atoms with van der Waals surface area (Å²) < 4.78 is 0. The molecule has 27 heavy (non-hydrogen) atoms. The number of rotatable bonds is 4. The molecule has 0 saturated carbocycles. The lowest BCUT2D eigenvalue weighted by Crippen LogP contribution is -2.45. The zero-order valence-electron chi connectivity index (χ0n) is 14.6. The molecular formula is C19H19ClN6O. The summed E-state index contributed by atoms with van der Waals surface area (Å²) in [7, 11) is 0. The van der Waals surface area contributed by atoms with Crippen molar-refractivity contribution in [2.75, 3.05) is 18.4 Å². The van der Waals surface area contributed by atoms with Crippen LogP contribution in [0.25, 0.3) is 5.69 Å². The van der Waals surface area contributed by atoms with Crippen molar-refractivity contribution in [1.29, 1.82) is 0 Å². The molecule has 0 spiro atoms. The Morgan fingerprint density at radius 3 is 2.74 bits per heavy atom. The Bertz CT molecular complexity index is 912. The monoisotopic (exact) mass is 382 g/mol. The van der Waals surface area contributed by atoms with Crippen LogP contribution in [0.5, 0.6) is 0 Å². The van der Waals surface area contributed by atoms with E-state index in [1.54, 1.807) is 24.7 Å². The number of para-hydroxylation sites is 1. The summed E-state index contributed by atoms with van der Waals surface area (Å²) in [4.78, 5) is 20.8. The van der Waals surface area contributed by atoms with Crippen LogP contribution in [0.2, 0.25) is 5.02 Å². The van der Waals surface area contributed by atoms with Crippen LogP contribution in [0.1, 0.15) is 23.2 Å². The smallest absolute Gasteiger partial charge is 0.256 e. The standard InChI is InChI=1S/C19H19ClN6O/c20-14-7-8-18(21-12-14)24-15-4-3-11-25(13-15)19(27)16-5-1-2-6-17(16)26-22-9-10-23-26/h1-2,5-10,12,15H,3-4,11,13H2,(H,21,24). The molecule has 1 fully saturated rings. The molecule has 2 aromatic heterocycles. The molecule has 1 aromatic carbocycles. The Labute approximate surface area is 162 Å². The third kappa shape index (κ3) is 3.93. The largest absolute Gasteiger partial charge is 0.366 e. The van der Waals surface area contributed by atoms with Crippen LogP contribution in [-0.2, 0) is 0 Å². The number of aromatic nitrogens is 4. The minimum absolute atomic E-state index is 0.0153. The van der Waals surface area contributed by atoms with Crippen LogP contribution in [0, 0.1) is 0 Å². The Morgan fingerprint density at radius 2 is 1.96 bits per heavy atom. The van der Waals surface area contributed by atoms with Gasteiger partial charge < -0.3 is 10.2 Å². The normalized spacial score (nSPS) is 16.9. The molecule has 7 nitrogen and oxygen atoms in total. The van der Waals surface area contributed by atoms with Crippen molar-refractivity contribution in [2.45, 2.75) is 18.9 Å². The predicted octanol–water partition coefficient (Wildman–Crippen LogP) is 3.03. The molecule has 1 atom stereocenters. The quantitative estimate of drug-likeness (QED) is 0.750. The third-order valence-electron chi connectivity index (χ3n) is 4.56. The zero-order chi connectivity index (χ0) is 18.6. The topological polar surface area (TPSA) is 75.9 Å². The molecule has 0 bridgehead atoms. The first-order chi connectivity index (χ1) is 13.2. The van der Waals surface area contributed by atoms with Crippen LogP contribution in [0.15, 0.2) is 55.0 Å². The van der Waals surface area contributed by atoms with Crippen molar-refractivity contribution >= 4 is 23.3 Å². The second kappa shape index (κ2) is 7.75. The lowest BCUT2D eigenvalue weighted by Gasteiger charge is -2.33. The maximum absolute atomic E-state index is 13.2. The third-order valence-corrected chi connectivity index (χ3v) is 4.78. The number of carbonyl (C=O) groups is 1. The molecule has 1 aliphatic rings. The van der Waals surface area contributed by atoms with E-state index in [0.717, 1.165) is 25.2 Å². The van der Waals surface area contributed by atoms with E-state index in [1.165, 1.54) is 4.80 Å². The first-order valence-electron chi connectivity index (χ1n) is 8.84. The van der Waals surface area contributed by atoms with E-state index < -0.39 is 0 Å². The van der Waals surface area contributed by atoms with Crippen LogP contribution >= 0.6 is 11.6 Å². The SMILES string of the molecule is O=C(c1ccccc1-n1nccn1)N1CCCC(Nc2ccc(Cl)cn2)C1. The summed E-state index contributed by atoms with van der Waals surface area (Å²) in [5.74, 6) is 0.748. The summed E-state index contributed by atoms with van der Waals surface area (Å²) in [5, 5.41) is 12.3. The van der Waals surface area contributed by atoms with Gasteiger partial charge in [0, 0.05) is 25.3 Å². The number of halogens is 1. The predicted molar refractivity (Wildman–Crippen MR) is 103 cm³/mol. The number of nitrogens with zero attached hydrogens (tertiary/aromatic N) is 5. The maximum Gasteiger partial charge on any atom is 0.256 e. The fourth-order valence-corrected chi connectivity index (χ4v) is 3.40. The second-order valence-electron chi connectivity index (χ2n) is 6.43. The molecule has 4 rings (SSSR count).